The highest BCUT2D eigenvalue weighted by molar-refractivity contribution is 6.10. The molecule has 1 N–H and O–H groups in total. The monoisotopic (exact) mass is 332 g/mol. The Morgan fingerprint density at radius 3 is 2.61 bits per heavy atom. The minimum absolute atomic E-state index is 0. The number of amidine groups is 1. The third kappa shape index (κ3) is 3.45. The summed E-state index contributed by atoms with van der Waals surface area (Å²) in [6.45, 7) is 7.97. The standard InChI is InChI=1S/C17H20N4O.ClH/c1-11(22)21-16-12-7-5-6-8-13(12)18-10-14(16)19-15(20-21)9-17(2,3)4;/h5-8,10H,9H2,1-4H3,(H,19,20);1H. The zero-order valence-corrected chi connectivity index (χ0v) is 14.6. The van der Waals surface area contributed by atoms with Gasteiger partial charge in [-0.05, 0) is 11.5 Å². The first-order chi connectivity index (χ1) is 10.3. The fraction of sp³-hybridized carbons (Fsp3) is 0.353. The van der Waals surface area contributed by atoms with Crippen molar-refractivity contribution in [1.29, 1.82) is 0 Å². The Kier molecular flexibility index (Phi) is 4.61. The number of nitrogens with zero attached hydrogens (tertiary/aromatic N) is 3. The number of fused-ring (bicyclic) bond motifs is 3. The summed E-state index contributed by atoms with van der Waals surface area (Å²) in [5.74, 6) is 0.714. The molecule has 1 aromatic carbocycles. The molecule has 0 atom stereocenters. The number of para-hydroxylation sites is 1. The molecule has 23 heavy (non-hydrogen) atoms. The molecule has 0 saturated heterocycles. The number of carbonyl (C=O) groups excluding carboxylic acids is 1. The summed E-state index contributed by atoms with van der Waals surface area (Å²) < 4.78 is 0. The van der Waals surface area contributed by atoms with E-state index in [4.69, 9.17) is 0 Å². The molecule has 1 aromatic heterocycles. The van der Waals surface area contributed by atoms with Crippen LogP contribution >= 0.6 is 12.4 Å². The molecule has 0 saturated carbocycles. The third-order valence-corrected chi connectivity index (χ3v) is 3.46. The van der Waals surface area contributed by atoms with Gasteiger partial charge in [0.25, 0.3) is 0 Å². The van der Waals surface area contributed by atoms with Gasteiger partial charge in [0, 0.05) is 18.7 Å². The summed E-state index contributed by atoms with van der Waals surface area (Å²) in [5, 5.41) is 2.49. The van der Waals surface area contributed by atoms with Gasteiger partial charge in [0.15, 0.2) is 0 Å². The van der Waals surface area contributed by atoms with E-state index in [1.54, 1.807) is 18.1 Å². The summed E-state index contributed by atoms with van der Waals surface area (Å²) in [6, 6.07) is 7.77. The van der Waals surface area contributed by atoms with E-state index in [1.807, 2.05) is 24.3 Å². The minimum Gasteiger partial charge on any atom is -0.278 e. The molecule has 0 fully saturated rings. The van der Waals surface area contributed by atoms with Gasteiger partial charge in [0.05, 0.1) is 11.7 Å². The second kappa shape index (κ2) is 6.16. The normalized spacial score (nSPS) is 13.7. The van der Waals surface area contributed by atoms with Crippen LogP contribution in [0.2, 0.25) is 0 Å². The number of nitrogens with one attached hydrogen (secondary N) is 1. The number of benzene rings is 1. The maximum Gasteiger partial charge on any atom is 0.242 e. The van der Waals surface area contributed by atoms with Gasteiger partial charge in [-0.25, -0.2) is 10.0 Å². The van der Waals surface area contributed by atoms with Crippen molar-refractivity contribution >= 4 is 46.4 Å². The summed E-state index contributed by atoms with van der Waals surface area (Å²) in [7, 11) is 0. The lowest BCUT2D eigenvalue weighted by Gasteiger charge is -2.32. The first kappa shape index (κ1) is 17.2. The van der Waals surface area contributed by atoms with E-state index in [-0.39, 0.29) is 23.7 Å². The highest BCUT2D eigenvalue weighted by atomic mass is 35.5. The molecule has 2 aromatic rings. The summed E-state index contributed by atoms with van der Waals surface area (Å²) in [5.41, 5.74) is 5.60. The van der Waals surface area contributed by atoms with Crippen LogP contribution < -0.4 is 10.4 Å². The van der Waals surface area contributed by atoms with E-state index < -0.39 is 0 Å². The number of anilines is 1. The number of halogens is 1. The Labute approximate surface area is 142 Å². The molecular formula is C17H21ClN4O. The highest BCUT2D eigenvalue weighted by Gasteiger charge is 2.26. The smallest absolute Gasteiger partial charge is 0.242 e. The summed E-state index contributed by atoms with van der Waals surface area (Å²) in [4.78, 5) is 21.2. The number of aromatic nitrogens is 1. The van der Waals surface area contributed by atoms with Gasteiger partial charge in [0.2, 0.25) is 5.91 Å². The molecule has 5 nitrogen and oxygen atoms in total. The Hall–Kier alpha value is -2.14. The molecule has 1 aliphatic rings. The van der Waals surface area contributed by atoms with Gasteiger partial charge in [-0.3, -0.25) is 15.2 Å². The zero-order chi connectivity index (χ0) is 15.9. The molecule has 0 aliphatic carbocycles. The van der Waals surface area contributed by atoms with Crippen LogP contribution in [0.4, 0.5) is 11.4 Å². The van der Waals surface area contributed by atoms with Crippen LogP contribution in [0.5, 0.6) is 0 Å². The van der Waals surface area contributed by atoms with Crippen LogP contribution in [0, 0.1) is 5.41 Å². The number of hydrogen-bond acceptors (Lipinski definition) is 4. The number of pyridine rings is 1. The largest absolute Gasteiger partial charge is 0.278 e. The topological polar surface area (TPSA) is 57.6 Å². The van der Waals surface area contributed by atoms with Crippen LogP contribution in [0.3, 0.4) is 0 Å². The van der Waals surface area contributed by atoms with Gasteiger partial charge in [-0.15, -0.1) is 12.4 Å². The average molecular weight is 333 g/mol. The van der Waals surface area contributed by atoms with Crippen molar-refractivity contribution in [3.63, 3.8) is 0 Å². The predicted molar refractivity (Wildman–Crippen MR) is 96.5 cm³/mol. The van der Waals surface area contributed by atoms with Crippen molar-refractivity contribution in [2.24, 2.45) is 10.4 Å². The van der Waals surface area contributed by atoms with Crippen molar-refractivity contribution in [3.05, 3.63) is 30.5 Å². The van der Waals surface area contributed by atoms with Gasteiger partial charge in [0.1, 0.15) is 17.2 Å². The summed E-state index contributed by atoms with van der Waals surface area (Å²) >= 11 is 0. The number of amides is 1. The Morgan fingerprint density at radius 2 is 1.96 bits per heavy atom. The van der Waals surface area contributed by atoms with Crippen LogP contribution in [0.15, 0.2) is 35.5 Å². The molecule has 0 spiro atoms. The number of aliphatic imine (C=N–C) groups is 1. The molecule has 2 heterocycles. The number of rotatable bonds is 1. The Balaban J connectivity index is 0.00000192. The number of hydrogen-bond donors (Lipinski definition) is 1. The van der Waals surface area contributed by atoms with Gasteiger partial charge in [-0.1, -0.05) is 39.0 Å². The van der Waals surface area contributed by atoms with Gasteiger partial charge >= 0.3 is 0 Å². The van der Waals surface area contributed by atoms with Crippen molar-refractivity contribution in [2.45, 2.75) is 34.1 Å². The second-order valence-electron chi connectivity index (χ2n) is 6.77. The van der Waals surface area contributed by atoms with Crippen LogP contribution in [-0.2, 0) is 4.79 Å². The minimum atomic E-state index is -0.0705. The van der Waals surface area contributed by atoms with Crippen LogP contribution in [0.25, 0.3) is 10.9 Å². The van der Waals surface area contributed by atoms with E-state index in [1.165, 1.54) is 0 Å². The molecule has 0 unspecified atom stereocenters. The maximum absolute atomic E-state index is 12.1. The lowest BCUT2D eigenvalue weighted by molar-refractivity contribution is -0.117. The molecule has 3 rings (SSSR count). The van der Waals surface area contributed by atoms with Gasteiger partial charge < -0.3 is 0 Å². The highest BCUT2D eigenvalue weighted by Crippen LogP contribution is 2.37. The van der Waals surface area contributed by atoms with Crippen molar-refractivity contribution in [2.75, 3.05) is 5.01 Å². The molecule has 0 bridgehead atoms. The molecule has 1 amide bonds. The number of carbonyl (C=O) groups is 1. The van der Waals surface area contributed by atoms with Crippen molar-refractivity contribution in [3.8, 4) is 0 Å². The van der Waals surface area contributed by atoms with Gasteiger partial charge in [-0.2, -0.15) is 0 Å². The Bertz CT molecular complexity index is 780. The predicted octanol–water partition coefficient (Wildman–Crippen LogP) is 3.99. The van der Waals surface area contributed by atoms with Crippen molar-refractivity contribution in [1.82, 2.24) is 10.4 Å². The average Bonchev–Trinajstić information content (AvgIpc) is 2.44. The van der Waals surface area contributed by atoms with Crippen LogP contribution in [0.1, 0.15) is 34.1 Å². The zero-order valence-electron chi connectivity index (χ0n) is 13.8. The summed E-state index contributed by atoms with van der Waals surface area (Å²) in [6.07, 6.45) is 2.49. The molecular weight excluding hydrogens is 312 g/mol. The van der Waals surface area contributed by atoms with E-state index >= 15 is 0 Å². The molecule has 1 aliphatic heterocycles. The molecule has 0 radical (unpaired) electrons. The van der Waals surface area contributed by atoms with E-state index in [0.29, 0.717) is 0 Å². The van der Waals surface area contributed by atoms with E-state index in [9.17, 15) is 4.79 Å². The molecule has 6 heteroatoms. The third-order valence-electron chi connectivity index (χ3n) is 3.46. The van der Waals surface area contributed by atoms with Crippen molar-refractivity contribution < 1.29 is 4.79 Å². The first-order valence-corrected chi connectivity index (χ1v) is 7.38. The quantitative estimate of drug-likeness (QED) is 0.858. The first-order valence-electron chi connectivity index (χ1n) is 7.38. The fourth-order valence-electron chi connectivity index (χ4n) is 2.61. The SMILES string of the molecule is CC(=O)N1NC(CC(C)(C)C)=Nc2cnc3ccccc3c21.Cl. The Morgan fingerprint density at radius 1 is 1.26 bits per heavy atom. The maximum atomic E-state index is 12.1. The van der Waals surface area contributed by atoms with E-state index in [0.717, 1.165) is 34.5 Å². The second-order valence-corrected chi connectivity index (χ2v) is 6.77. The van der Waals surface area contributed by atoms with Crippen LogP contribution in [-0.4, -0.2) is 16.7 Å². The lowest BCUT2D eigenvalue weighted by atomic mass is 9.91. The lowest BCUT2D eigenvalue weighted by Crippen LogP contribution is -2.48. The number of hydrazine groups is 1. The molecule has 122 valence electrons. The fourth-order valence-corrected chi connectivity index (χ4v) is 2.61. The van der Waals surface area contributed by atoms with E-state index in [2.05, 4.69) is 36.2 Å².